The zero-order chi connectivity index (χ0) is 15.3. The first-order chi connectivity index (χ1) is 9.26. The lowest BCUT2D eigenvalue weighted by Gasteiger charge is -2.23. The maximum atomic E-state index is 12.4. The normalized spacial score (nSPS) is 13.0. The molecule has 0 unspecified atom stereocenters. The van der Waals surface area contributed by atoms with Gasteiger partial charge in [0.2, 0.25) is 0 Å². The lowest BCUT2D eigenvalue weighted by Crippen LogP contribution is -2.33. The molecule has 4 nitrogen and oxygen atoms in total. The van der Waals surface area contributed by atoms with Crippen molar-refractivity contribution in [2.45, 2.75) is 26.6 Å². The highest BCUT2D eigenvalue weighted by Gasteiger charge is 2.30. The molecule has 1 aromatic rings. The molecule has 0 aliphatic carbocycles. The number of nitrogens with two attached hydrogens (primary N) is 1. The standard InChI is InChI=1S/C13H18F3N3O/c1-3-19(8-13(14,15)16)7-11-5-4-10(6-9(11)2)12(17)18-20/h4-6,20H,3,7-8H2,1-2H3,(H2,17,18). The summed E-state index contributed by atoms with van der Waals surface area (Å²) in [6.45, 7) is 3.04. The zero-order valence-corrected chi connectivity index (χ0v) is 11.4. The summed E-state index contributed by atoms with van der Waals surface area (Å²) >= 11 is 0. The minimum absolute atomic E-state index is 0.0257. The van der Waals surface area contributed by atoms with Gasteiger partial charge in [0.05, 0.1) is 6.54 Å². The highest BCUT2D eigenvalue weighted by atomic mass is 19.4. The van der Waals surface area contributed by atoms with Crippen LogP contribution in [0.5, 0.6) is 0 Å². The Balaban J connectivity index is 2.87. The van der Waals surface area contributed by atoms with Gasteiger partial charge in [-0.15, -0.1) is 0 Å². The van der Waals surface area contributed by atoms with E-state index in [2.05, 4.69) is 5.16 Å². The number of hydrogen-bond donors (Lipinski definition) is 2. The van der Waals surface area contributed by atoms with Gasteiger partial charge in [0.1, 0.15) is 0 Å². The van der Waals surface area contributed by atoms with Crippen LogP contribution in [0.25, 0.3) is 0 Å². The molecule has 0 saturated carbocycles. The van der Waals surface area contributed by atoms with Crippen LogP contribution in [0.2, 0.25) is 0 Å². The van der Waals surface area contributed by atoms with E-state index in [1.807, 2.05) is 0 Å². The second-order valence-corrected chi connectivity index (χ2v) is 4.54. The van der Waals surface area contributed by atoms with Crippen LogP contribution in [0.15, 0.2) is 23.4 Å². The first kappa shape index (κ1) is 16.3. The van der Waals surface area contributed by atoms with Gasteiger partial charge in [-0.3, -0.25) is 4.90 Å². The molecule has 0 aliphatic rings. The summed E-state index contributed by atoms with van der Waals surface area (Å²) in [5.74, 6) is -0.0257. The first-order valence-electron chi connectivity index (χ1n) is 6.13. The van der Waals surface area contributed by atoms with Crippen molar-refractivity contribution in [2.24, 2.45) is 10.9 Å². The third-order valence-electron chi connectivity index (χ3n) is 2.99. The molecular formula is C13H18F3N3O. The highest BCUT2D eigenvalue weighted by molar-refractivity contribution is 5.97. The quantitative estimate of drug-likeness (QED) is 0.379. The van der Waals surface area contributed by atoms with E-state index in [4.69, 9.17) is 10.9 Å². The van der Waals surface area contributed by atoms with Crippen molar-refractivity contribution in [3.05, 3.63) is 34.9 Å². The van der Waals surface area contributed by atoms with Crippen molar-refractivity contribution in [1.29, 1.82) is 0 Å². The Morgan fingerprint density at radius 3 is 2.50 bits per heavy atom. The van der Waals surface area contributed by atoms with Gasteiger partial charge < -0.3 is 10.9 Å². The van der Waals surface area contributed by atoms with Crippen LogP contribution in [0.1, 0.15) is 23.6 Å². The third-order valence-corrected chi connectivity index (χ3v) is 2.99. The first-order valence-corrected chi connectivity index (χ1v) is 6.13. The number of halogens is 3. The molecule has 0 saturated heterocycles. The Kier molecular flexibility index (Phi) is 5.38. The average molecular weight is 289 g/mol. The molecule has 3 N–H and O–H groups in total. The van der Waals surface area contributed by atoms with E-state index in [0.29, 0.717) is 12.1 Å². The van der Waals surface area contributed by atoms with Gasteiger partial charge in [-0.05, 0) is 30.7 Å². The fourth-order valence-electron chi connectivity index (χ4n) is 1.86. The summed E-state index contributed by atoms with van der Waals surface area (Å²) in [4.78, 5) is 1.31. The van der Waals surface area contributed by atoms with Crippen molar-refractivity contribution in [2.75, 3.05) is 13.1 Å². The molecule has 7 heteroatoms. The van der Waals surface area contributed by atoms with E-state index in [0.717, 1.165) is 11.1 Å². The van der Waals surface area contributed by atoms with Gasteiger partial charge in [0.15, 0.2) is 5.84 Å². The molecule has 0 fully saturated rings. The molecule has 0 atom stereocenters. The molecule has 1 rings (SSSR count). The SMILES string of the molecule is CCN(Cc1ccc(/C(N)=N/O)cc1C)CC(F)(F)F. The number of benzene rings is 1. The number of aryl methyl sites for hydroxylation is 1. The van der Waals surface area contributed by atoms with Crippen molar-refractivity contribution < 1.29 is 18.4 Å². The van der Waals surface area contributed by atoms with Crippen molar-refractivity contribution in [3.8, 4) is 0 Å². The molecule has 0 aromatic heterocycles. The Bertz CT molecular complexity index is 486. The van der Waals surface area contributed by atoms with Gasteiger partial charge in [-0.25, -0.2) is 0 Å². The molecule has 0 spiro atoms. The molecule has 0 aliphatic heterocycles. The molecule has 0 amide bonds. The van der Waals surface area contributed by atoms with Crippen LogP contribution in [0.4, 0.5) is 13.2 Å². The molecule has 112 valence electrons. The monoisotopic (exact) mass is 289 g/mol. The number of oxime groups is 1. The fourth-order valence-corrected chi connectivity index (χ4v) is 1.86. The Labute approximate surface area is 115 Å². The topological polar surface area (TPSA) is 61.8 Å². The van der Waals surface area contributed by atoms with Crippen LogP contribution in [-0.4, -0.2) is 35.2 Å². The van der Waals surface area contributed by atoms with Crippen molar-refractivity contribution in [1.82, 2.24) is 4.90 Å². The highest BCUT2D eigenvalue weighted by Crippen LogP contribution is 2.19. The molecule has 20 heavy (non-hydrogen) atoms. The van der Waals surface area contributed by atoms with Gasteiger partial charge in [-0.1, -0.05) is 24.2 Å². The molecular weight excluding hydrogens is 271 g/mol. The number of alkyl halides is 3. The van der Waals surface area contributed by atoms with Crippen molar-refractivity contribution >= 4 is 5.84 Å². The van der Waals surface area contributed by atoms with E-state index in [1.165, 1.54) is 4.90 Å². The summed E-state index contributed by atoms with van der Waals surface area (Å²) in [7, 11) is 0. The van der Waals surface area contributed by atoms with Gasteiger partial charge >= 0.3 is 6.18 Å². The lowest BCUT2D eigenvalue weighted by atomic mass is 10.0. The second kappa shape index (κ2) is 6.60. The van der Waals surface area contributed by atoms with E-state index < -0.39 is 12.7 Å². The van der Waals surface area contributed by atoms with Crippen LogP contribution in [0, 0.1) is 6.92 Å². The van der Waals surface area contributed by atoms with E-state index in [9.17, 15) is 13.2 Å². The molecule has 0 radical (unpaired) electrons. The predicted octanol–water partition coefficient (Wildman–Crippen LogP) is 2.47. The molecule has 1 aromatic carbocycles. The summed E-state index contributed by atoms with van der Waals surface area (Å²) in [5, 5.41) is 11.5. The number of rotatable bonds is 5. The molecule has 0 bridgehead atoms. The Morgan fingerprint density at radius 1 is 1.40 bits per heavy atom. The van der Waals surface area contributed by atoms with Gasteiger partial charge in [0, 0.05) is 12.1 Å². The Hall–Kier alpha value is -1.76. The zero-order valence-electron chi connectivity index (χ0n) is 11.4. The predicted molar refractivity (Wildman–Crippen MR) is 70.7 cm³/mol. The van der Waals surface area contributed by atoms with Gasteiger partial charge in [0.25, 0.3) is 0 Å². The minimum atomic E-state index is -4.21. The van der Waals surface area contributed by atoms with E-state index in [1.54, 1.807) is 32.0 Å². The largest absolute Gasteiger partial charge is 0.409 e. The number of nitrogens with zero attached hydrogens (tertiary/aromatic N) is 2. The van der Waals surface area contributed by atoms with E-state index >= 15 is 0 Å². The van der Waals surface area contributed by atoms with Crippen LogP contribution in [0.3, 0.4) is 0 Å². The van der Waals surface area contributed by atoms with Gasteiger partial charge in [-0.2, -0.15) is 13.2 Å². The average Bonchev–Trinajstić information content (AvgIpc) is 2.37. The Morgan fingerprint density at radius 2 is 2.05 bits per heavy atom. The van der Waals surface area contributed by atoms with E-state index in [-0.39, 0.29) is 12.4 Å². The minimum Gasteiger partial charge on any atom is -0.409 e. The van der Waals surface area contributed by atoms with Crippen LogP contribution in [-0.2, 0) is 6.54 Å². The summed E-state index contributed by atoms with van der Waals surface area (Å²) in [5.41, 5.74) is 7.58. The van der Waals surface area contributed by atoms with Crippen LogP contribution < -0.4 is 5.73 Å². The van der Waals surface area contributed by atoms with Crippen molar-refractivity contribution in [3.63, 3.8) is 0 Å². The second-order valence-electron chi connectivity index (χ2n) is 4.54. The number of hydrogen-bond acceptors (Lipinski definition) is 3. The maximum absolute atomic E-state index is 12.4. The van der Waals surface area contributed by atoms with Crippen LogP contribution >= 0.6 is 0 Å². The smallest absolute Gasteiger partial charge is 0.401 e. The third kappa shape index (κ3) is 4.73. The summed E-state index contributed by atoms with van der Waals surface area (Å²) < 4.78 is 37.2. The number of amidine groups is 1. The summed E-state index contributed by atoms with van der Waals surface area (Å²) in [6, 6.07) is 5.01. The fraction of sp³-hybridized carbons (Fsp3) is 0.462. The lowest BCUT2D eigenvalue weighted by molar-refractivity contribution is -0.146. The maximum Gasteiger partial charge on any atom is 0.401 e. The summed E-state index contributed by atoms with van der Waals surface area (Å²) in [6.07, 6.45) is -4.21. The molecule has 0 heterocycles.